The van der Waals surface area contributed by atoms with Crippen molar-refractivity contribution in [1.82, 2.24) is 9.97 Å². The number of hydrogen-bond acceptors (Lipinski definition) is 5. The van der Waals surface area contributed by atoms with Crippen molar-refractivity contribution in [2.45, 2.75) is 6.61 Å². The third-order valence-electron chi connectivity index (χ3n) is 1.74. The molecule has 76 valence electrons. The second kappa shape index (κ2) is 4.36. The number of carbonyl (C=O) groups is 1. The molecule has 2 aromatic rings. The van der Waals surface area contributed by atoms with E-state index in [1.165, 1.54) is 12.5 Å². The minimum Gasteiger partial charge on any atom is -0.467 e. The van der Waals surface area contributed by atoms with E-state index >= 15 is 0 Å². The Hall–Kier alpha value is -2.17. The van der Waals surface area contributed by atoms with Gasteiger partial charge in [-0.15, -0.1) is 0 Å². The standard InChI is InChI=1S/C10H8N2O3/c13-6-8-2-1-3-12-10(8)15-7-9-11-4-5-14-9/h1-6H,7H2. The third kappa shape index (κ3) is 2.19. The summed E-state index contributed by atoms with van der Waals surface area (Å²) in [6.07, 6.45) is 5.23. The van der Waals surface area contributed by atoms with Crippen LogP contribution in [0.4, 0.5) is 0 Å². The van der Waals surface area contributed by atoms with Crippen LogP contribution in [0, 0.1) is 0 Å². The quantitative estimate of drug-likeness (QED) is 0.705. The van der Waals surface area contributed by atoms with Crippen molar-refractivity contribution >= 4 is 6.29 Å². The second-order valence-electron chi connectivity index (χ2n) is 2.73. The summed E-state index contributed by atoms with van der Waals surface area (Å²) in [6, 6.07) is 3.30. The number of pyridine rings is 1. The third-order valence-corrected chi connectivity index (χ3v) is 1.74. The summed E-state index contributed by atoms with van der Waals surface area (Å²) in [5.74, 6) is 0.725. The summed E-state index contributed by atoms with van der Waals surface area (Å²) in [7, 11) is 0. The van der Waals surface area contributed by atoms with Crippen LogP contribution in [-0.2, 0) is 6.61 Å². The molecule has 0 radical (unpaired) electrons. The van der Waals surface area contributed by atoms with E-state index in [1.54, 1.807) is 18.3 Å². The number of rotatable bonds is 4. The molecular weight excluding hydrogens is 196 g/mol. The number of ether oxygens (including phenoxy) is 1. The molecule has 0 aliphatic heterocycles. The average Bonchev–Trinajstić information content (AvgIpc) is 2.79. The Bertz CT molecular complexity index is 440. The summed E-state index contributed by atoms with van der Waals surface area (Å²) < 4.78 is 10.3. The summed E-state index contributed by atoms with van der Waals surface area (Å²) in [6.45, 7) is 0.158. The van der Waals surface area contributed by atoms with Crippen LogP contribution in [0.3, 0.4) is 0 Å². The van der Waals surface area contributed by atoms with Crippen LogP contribution in [0.15, 0.2) is 35.2 Å². The second-order valence-corrected chi connectivity index (χ2v) is 2.73. The highest BCUT2D eigenvalue weighted by Crippen LogP contribution is 2.12. The minimum absolute atomic E-state index is 0.158. The SMILES string of the molecule is O=Cc1cccnc1OCc1ncco1. The zero-order chi connectivity index (χ0) is 10.5. The zero-order valence-electron chi connectivity index (χ0n) is 7.79. The smallest absolute Gasteiger partial charge is 0.232 e. The lowest BCUT2D eigenvalue weighted by Gasteiger charge is -2.03. The number of aldehydes is 1. The van der Waals surface area contributed by atoms with Crippen molar-refractivity contribution in [2.24, 2.45) is 0 Å². The maximum atomic E-state index is 10.6. The Morgan fingerprint density at radius 3 is 3.07 bits per heavy atom. The number of hydrogen-bond donors (Lipinski definition) is 0. The lowest BCUT2D eigenvalue weighted by Crippen LogP contribution is -2.00. The predicted octanol–water partition coefficient (Wildman–Crippen LogP) is 1.46. The van der Waals surface area contributed by atoms with Crippen LogP contribution in [0.25, 0.3) is 0 Å². The molecule has 0 fully saturated rings. The Morgan fingerprint density at radius 2 is 2.33 bits per heavy atom. The number of aromatic nitrogens is 2. The molecule has 2 heterocycles. The first-order valence-electron chi connectivity index (χ1n) is 4.31. The maximum Gasteiger partial charge on any atom is 0.232 e. The van der Waals surface area contributed by atoms with E-state index in [0.29, 0.717) is 17.7 Å². The first kappa shape index (κ1) is 9.39. The molecule has 0 amide bonds. The number of oxazole rings is 1. The fourth-order valence-corrected chi connectivity index (χ4v) is 1.07. The van der Waals surface area contributed by atoms with E-state index in [-0.39, 0.29) is 12.5 Å². The largest absolute Gasteiger partial charge is 0.467 e. The Kier molecular flexibility index (Phi) is 2.73. The zero-order valence-corrected chi connectivity index (χ0v) is 7.79. The molecule has 0 aliphatic carbocycles. The van der Waals surface area contributed by atoms with E-state index in [2.05, 4.69) is 9.97 Å². The Morgan fingerprint density at radius 1 is 1.40 bits per heavy atom. The molecule has 0 saturated carbocycles. The molecule has 2 rings (SSSR count). The number of nitrogens with zero attached hydrogens (tertiary/aromatic N) is 2. The lowest BCUT2D eigenvalue weighted by atomic mass is 10.3. The normalized spacial score (nSPS) is 9.87. The van der Waals surface area contributed by atoms with Crippen LogP contribution in [-0.4, -0.2) is 16.3 Å². The molecule has 0 spiro atoms. The average molecular weight is 204 g/mol. The van der Waals surface area contributed by atoms with Crippen molar-refractivity contribution < 1.29 is 13.9 Å². The van der Waals surface area contributed by atoms with Crippen LogP contribution in [0.1, 0.15) is 16.2 Å². The molecule has 5 nitrogen and oxygen atoms in total. The topological polar surface area (TPSA) is 65.2 Å². The van der Waals surface area contributed by atoms with Gasteiger partial charge in [-0.3, -0.25) is 4.79 Å². The number of carbonyl (C=O) groups excluding carboxylic acids is 1. The molecule has 0 unspecified atom stereocenters. The molecule has 0 bridgehead atoms. The summed E-state index contributed by atoms with van der Waals surface area (Å²) in [5, 5.41) is 0. The van der Waals surface area contributed by atoms with Gasteiger partial charge < -0.3 is 9.15 Å². The van der Waals surface area contributed by atoms with Gasteiger partial charge in [0, 0.05) is 6.20 Å². The van der Waals surface area contributed by atoms with Gasteiger partial charge in [0.1, 0.15) is 6.26 Å². The summed E-state index contributed by atoms with van der Waals surface area (Å²) in [4.78, 5) is 18.4. The monoisotopic (exact) mass is 204 g/mol. The first-order chi connectivity index (χ1) is 7.40. The van der Waals surface area contributed by atoms with Gasteiger partial charge >= 0.3 is 0 Å². The molecular formula is C10H8N2O3. The van der Waals surface area contributed by atoms with Gasteiger partial charge in [0.25, 0.3) is 0 Å². The fourth-order valence-electron chi connectivity index (χ4n) is 1.07. The van der Waals surface area contributed by atoms with E-state index in [4.69, 9.17) is 9.15 Å². The van der Waals surface area contributed by atoms with Gasteiger partial charge in [0.15, 0.2) is 12.9 Å². The van der Waals surface area contributed by atoms with Crippen LogP contribution in [0.2, 0.25) is 0 Å². The molecule has 5 heteroatoms. The molecule has 15 heavy (non-hydrogen) atoms. The van der Waals surface area contributed by atoms with Gasteiger partial charge in [-0.2, -0.15) is 0 Å². The van der Waals surface area contributed by atoms with Gasteiger partial charge in [-0.05, 0) is 12.1 Å². The molecule has 0 saturated heterocycles. The van der Waals surface area contributed by atoms with Crippen LogP contribution in [0.5, 0.6) is 5.88 Å². The highest BCUT2D eigenvalue weighted by molar-refractivity contribution is 5.77. The van der Waals surface area contributed by atoms with Crippen molar-refractivity contribution in [3.8, 4) is 5.88 Å². The lowest BCUT2D eigenvalue weighted by molar-refractivity contribution is 0.111. The summed E-state index contributed by atoms with van der Waals surface area (Å²) in [5.41, 5.74) is 0.407. The van der Waals surface area contributed by atoms with E-state index in [1.807, 2.05) is 0 Å². The van der Waals surface area contributed by atoms with E-state index in [0.717, 1.165) is 0 Å². The van der Waals surface area contributed by atoms with Crippen molar-refractivity contribution in [3.05, 3.63) is 42.2 Å². The Balaban J connectivity index is 2.07. The van der Waals surface area contributed by atoms with Crippen molar-refractivity contribution in [3.63, 3.8) is 0 Å². The highest BCUT2D eigenvalue weighted by Gasteiger charge is 2.05. The van der Waals surface area contributed by atoms with E-state index in [9.17, 15) is 4.79 Å². The summed E-state index contributed by atoms with van der Waals surface area (Å²) >= 11 is 0. The highest BCUT2D eigenvalue weighted by atomic mass is 16.5. The van der Waals surface area contributed by atoms with Crippen molar-refractivity contribution in [2.75, 3.05) is 0 Å². The van der Waals surface area contributed by atoms with Crippen molar-refractivity contribution in [1.29, 1.82) is 0 Å². The predicted molar refractivity (Wildman–Crippen MR) is 50.5 cm³/mol. The van der Waals surface area contributed by atoms with Crippen LogP contribution < -0.4 is 4.74 Å². The molecule has 0 aliphatic rings. The molecule has 2 aromatic heterocycles. The molecule has 0 atom stereocenters. The van der Waals surface area contributed by atoms with Gasteiger partial charge in [-0.1, -0.05) is 0 Å². The van der Waals surface area contributed by atoms with Crippen LogP contribution >= 0.6 is 0 Å². The fraction of sp³-hybridized carbons (Fsp3) is 0.100. The van der Waals surface area contributed by atoms with Gasteiger partial charge in [0.05, 0.1) is 11.8 Å². The molecule has 0 N–H and O–H groups in total. The van der Waals surface area contributed by atoms with Gasteiger partial charge in [0.2, 0.25) is 11.8 Å². The van der Waals surface area contributed by atoms with Gasteiger partial charge in [-0.25, -0.2) is 9.97 Å². The first-order valence-corrected chi connectivity index (χ1v) is 4.31. The minimum atomic E-state index is 0.158. The van der Waals surface area contributed by atoms with E-state index < -0.39 is 0 Å². The maximum absolute atomic E-state index is 10.6. The Labute approximate surface area is 85.7 Å². The molecule has 0 aromatic carbocycles.